The third-order valence-corrected chi connectivity index (χ3v) is 4.35. The molecule has 0 aromatic rings. The SMILES string of the molecule is CNC(=O)C(CC(=O)N1CCCCC1)N1C(=O)CC(C)C1=O. The maximum absolute atomic E-state index is 12.4. The van der Waals surface area contributed by atoms with Crippen LogP contribution in [0.4, 0.5) is 0 Å². The van der Waals surface area contributed by atoms with Crippen LogP contribution in [-0.4, -0.2) is 59.6 Å². The van der Waals surface area contributed by atoms with E-state index in [1.807, 2.05) is 0 Å². The Balaban J connectivity index is 2.12. The van der Waals surface area contributed by atoms with Gasteiger partial charge in [-0.3, -0.25) is 24.1 Å². The Morgan fingerprint density at radius 2 is 1.86 bits per heavy atom. The minimum absolute atomic E-state index is 0.101. The number of carbonyl (C=O) groups is 4. The van der Waals surface area contributed by atoms with Gasteiger partial charge in [-0.25, -0.2) is 0 Å². The zero-order valence-corrected chi connectivity index (χ0v) is 13.1. The lowest BCUT2D eigenvalue weighted by molar-refractivity contribution is -0.149. The molecule has 0 radical (unpaired) electrons. The fraction of sp³-hybridized carbons (Fsp3) is 0.733. The molecule has 1 N–H and O–H groups in total. The summed E-state index contributed by atoms with van der Waals surface area (Å²) in [6.45, 7) is 3.02. The number of nitrogens with zero attached hydrogens (tertiary/aromatic N) is 2. The molecule has 122 valence electrons. The second-order valence-electron chi connectivity index (χ2n) is 5.98. The van der Waals surface area contributed by atoms with Crippen molar-refractivity contribution in [3.63, 3.8) is 0 Å². The monoisotopic (exact) mass is 309 g/mol. The summed E-state index contributed by atoms with van der Waals surface area (Å²) >= 11 is 0. The van der Waals surface area contributed by atoms with E-state index in [1.165, 1.54) is 7.05 Å². The zero-order chi connectivity index (χ0) is 16.3. The van der Waals surface area contributed by atoms with Crippen LogP contribution in [0.5, 0.6) is 0 Å². The van der Waals surface area contributed by atoms with Crippen LogP contribution < -0.4 is 5.32 Å². The maximum atomic E-state index is 12.4. The van der Waals surface area contributed by atoms with Gasteiger partial charge in [-0.05, 0) is 19.3 Å². The first kappa shape index (κ1) is 16.5. The lowest BCUT2D eigenvalue weighted by Gasteiger charge is -2.30. The lowest BCUT2D eigenvalue weighted by Crippen LogP contribution is -2.51. The molecule has 7 nitrogen and oxygen atoms in total. The minimum Gasteiger partial charge on any atom is -0.357 e. The standard InChI is InChI=1S/C15H23N3O4/c1-10-8-13(20)18(15(10)22)11(14(21)16-2)9-12(19)17-6-4-3-5-7-17/h10-11H,3-9H2,1-2H3,(H,16,21). The molecule has 0 aromatic heterocycles. The van der Waals surface area contributed by atoms with Crippen molar-refractivity contribution in [3.8, 4) is 0 Å². The summed E-state index contributed by atoms with van der Waals surface area (Å²) in [6, 6.07) is -1.04. The van der Waals surface area contributed by atoms with Crippen LogP contribution in [0.1, 0.15) is 39.0 Å². The first-order valence-corrected chi connectivity index (χ1v) is 7.81. The van der Waals surface area contributed by atoms with E-state index in [2.05, 4.69) is 5.32 Å². The molecule has 2 aliphatic heterocycles. The number of nitrogens with one attached hydrogen (secondary N) is 1. The number of amides is 4. The predicted octanol–water partition coefficient (Wildman–Crippen LogP) is -0.101. The zero-order valence-electron chi connectivity index (χ0n) is 13.1. The Morgan fingerprint density at radius 1 is 1.23 bits per heavy atom. The summed E-state index contributed by atoms with van der Waals surface area (Å²) < 4.78 is 0. The van der Waals surface area contributed by atoms with Gasteiger partial charge in [0.15, 0.2) is 0 Å². The van der Waals surface area contributed by atoms with Gasteiger partial charge in [0.05, 0.1) is 6.42 Å². The summed E-state index contributed by atoms with van der Waals surface area (Å²) in [4.78, 5) is 51.3. The highest BCUT2D eigenvalue weighted by Crippen LogP contribution is 2.23. The fourth-order valence-electron chi connectivity index (χ4n) is 3.04. The van der Waals surface area contributed by atoms with Gasteiger partial charge in [-0.1, -0.05) is 6.92 Å². The molecule has 0 aromatic carbocycles. The van der Waals surface area contributed by atoms with Crippen molar-refractivity contribution in [1.29, 1.82) is 0 Å². The average molecular weight is 309 g/mol. The fourth-order valence-corrected chi connectivity index (χ4v) is 3.04. The van der Waals surface area contributed by atoms with Gasteiger partial charge < -0.3 is 10.2 Å². The number of piperidine rings is 1. The average Bonchev–Trinajstić information content (AvgIpc) is 2.78. The molecule has 0 saturated carbocycles. The molecule has 0 bridgehead atoms. The van der Waals surface area contributed by atoms with Crippen molar-refractivity contribution in [2.45, 2.75) is 45.1 Å². The third kappa shape index (κ3) is 3.28. The Labute approximate surface area is 130 Å². The van der Waals surface area contributed by atoms with Gasteiger partial charge in [0.1, 0.15) is 6.04 Å². The van der Waals surface area contributed by atoms with E-state index in [9.17, 15) is 19.2 Å². The lowest BCUT2D eigenvalue weighted by atomic mass is 10.1. The van der Waals surface area contributed by atoms with E-state index in [-0.39, 0.29) is 30.6 Å². The van der Waals surface area contributed by atoms with E-state index in [0.29, 0.717) is 13.1 Å². The normalized spacial score (nSPS) is 23.6. The number of imide groups is 1. The van der Waals surface area contributed by atoms with E-state index in [1.54, 1.807) is 11.8 Å². The van der Waals surface area contributed by atoms with Crippen LogP contribution in [0.15, 0.2) is 0 Å². The van der Waals surface area contributed by atoms with Crippen LogP contribution in [0.3, 0.4) is 0 Å². The highest BCUT2D eigenvalue weighted by molar-refractivity contribution is 6.07. The van der Waals surface area contributed by atoms with Crippen LogP contribution in [0, 0.1) is 5.92 Å². The quantitative estimate of drug-likeness (QED) is 0.735. The topological polar surface area (TPSA) is 86.8 Å². The molecule has 2 atom stereocenters. The van der Waals surface area contributed by atoms with Crippen LogP contribution in [0.2, 0.25) is 0 Å². The highest BCUT2D eigenvalue weighted by Gasteiger charge is 2.43. The van der Waals surface area contributed by atoms with Crippen molar-refractivity contribution in [1.82, 2.24) is 15.1 Å². The summed E-state index contributed by atoms with van der Waals surface area (Å²) in [5.74, 6) is -1.82. The molecule has 2 fully saturated rings. The molecule has 2 saturated heterocycles. The number of hydrogen-bond acceptors (Lipinski definition) is 4. The molecular formula is C15H23N3O4. The van der Waals surface area contributed by atoms with E-state index in [4.69, 9.17) is 0 Å². The molecule has 2 aliphatic rings. The number of likely N-dealkylation sites (N-methyl/N-ethyl adjacent to an activating group) is 1. The van der Waals surface area contributed by atoms with Crippen LogP contribution in [0.25, 0.3) is 0 Å². The van der Waals surface area contributed by atoms with E-state index < -0.39 is 17.9 Å². The first-order valence-electron chi connectivity index (χ1n) is 7.81. The summed E-state index contributed by atoms with van der Waals surface area (Å²) in [5, 5.41) is 2.45. The van der Waals surface area contributed by atoms with Crippen molar-refractivity contribution in [3.05, 3.63) is 0 Å². The predicted molar refractivity (Wildman–Crippen MR) is 78.5 cm³/mol. The molecule has 0 aliphatic carbocycles. The summed E-state index contributed by atoms with van der Waals surface area (Å²) in [7, 11) is 1.44. The minimum atomic E-state index is -1.04. The molecular weight excluding hydrogens is 286 g/mol. The van der Waals surface area contributed by atoms with Crippen molar-refractivity contribution in [2.75, 3.05) is 20.1 Å². The van der Waals surface area contributed by atoms with E-state index in [0.717, 1.165) is 24.2 Å². The summed E-state index contributed by atoms with van der Waals surface area (Å²) in [5.41, 5.74) is 0. The Morgan fingerprint density at radius 3 is 2.36 bits per heavy atom. The van der Waals surface area contributed by atoms with Crippen molar-refractivity contribution in [2.24, 2.45) is 5.92 Å². The molecule has 4 amide bonds. The van der Waals surface area contributed by atoms with Gasteiger partial charge in [-0.15, -0.1) is 0 Å². The largest absolute Gasteiger partial charge is 0.357 e. The van der Waals surface area contributed by atoms with Crippen molar-refractivity contribution >= 4 is 23.6 Å². The second-order valence-corrected chi connectivity index (χ2v) is 5.98. The second kappa shape index (κ2) is 6.89. The Bertz CT molecular complexity index is 485. The van der Waals surface area contributed by atoms with Gasteiger partial charge in [0, 0.05) is 32.5 Å². The number of rotatable bonds is 4. The van der Waals surface area contributed by atoms with Crippen LogP contribution >= 0.6 is 0 Å². The Kier molecular flexibility index (Phi) is 5.15. The maximum Gasteiger partial charge on any atom is 0.243 e. The number of hydrogen-bond donors (Lipinski definition) is 1. The Hall–Kier alpha value is -1.92. The number of carbonyl (C=O) groups excluding carboxylic acids is 4. The van der Waals surface area contributed by atoms with Gasteiger partial charge in [-0.2, -0.15) is 0 Å². The smallest absolute Gasteiger partial charge is 0.243 e. The van der Waals surface area contributed by atoms with Gasteiger partial charge >= 0.3 is 0 Å². The molecule has 0 spiro atoms. The third-order valence-electron chi connectivity index (χ3n) is 4.35. The number of likely N-dealkylation sites (tertiary alicyclic amines) is 2. The highest BCUT2D eigenvalue weighted by atomic mass is 16.2. The first-order chi connectivity index (χ1) is 10.5. The van der Waals surface area contributed by atoms with Crippen molar-refractivity contribution < 1.29 is 19.2 Å². The molecule has 2 rings (SSSR count). The molecule has 7 heteroatoms. The molecule has 2 heterocycles. The summed E-state index contributed by atoms with van der Waals surface area (Å²) in [6.07, 6.45) is 2.97. The van der Waals surface area contributed by atoms with Crippen LogP contribution in [-0.2, 0) is 19.2 Å². The molecule has 22 heavy (non-hydrogen) atoms. The van der Waals surface area contributed by atoms with Gasteiger partial charge in [0.25, 0.3) is 0 Å². The molecule has 2 unspecified atom stereocenters. The van der Waals surface area contributed by atoms with E-state index >= 15 is 0 Å². The van der Waals surface area contributed by atoms with Gasteiger partial charge in [0.2, 0.25) is 23.6 Å².